The Balaban J connectivity index is 2.53. The zero-order valence-corrected chi connectivity index (χ0v) is 3.18. The van der Waals surface area contributed by atoms with Gasteiger partial charge in [-0.05, 0) is 5.57 Å². The molecule has 0 saturated carbocycles. The molecule has 0 bridgehead atoms. The lowest BCUT2D eigenvalue weighted by Gasteiger charge is -1.53. The quantitative estimate of drug-likeness (QED) is 0.396. The molecule has 0 fully saturated rings. The van der Waals surface area contributed by atoms with Crippen molar-refractivity contribution in [3.05, 3.63) is 23.8 Å². The first-order valence-electron chi connectivity index (χ1n) is 1.71. The van der Waals surface area contributed by atoms with Crippen LogP contribution in [-0.4, -0.2) is 0 Å². The van der Waals surface area contributed by atoms with E-state index in [4.69, 9.17) is 5.26 Å². The second kappa shape index (κ2) is 0.983. The summed E-state index contributed by atoms with van der Waals surface area (Å²) in [5, 5.41) is 7.91. The fourth-order valence-corrected chi connectivity index (χ4v) is 0.219. The molecule has 0 amide bonds. The van der Waals surface area contributed by atoms with E-state index in [0.717, 1.165) is 5.57 Å². The van der Waals surface area contributed by atoms with Crippen LogP contribution in [0.25, 0.3) is 0 Å². The Kier molecular flexibility index (Phi) is 0.519. The molecule has 1 aliphatic rings. The van der Waals surface area contributed by atoms with Crippen LogP contribution in [0.3, 0.4) is 0 Å². The van der Waals surface area contributed by atoms with Gasteiger partial charge in [-0.15, -0.1) is 0 Å². The van der Waals surface area contributed by atoms with Gasteiger partial charge in [-0.3, -0.25) is 0 Å². The summed E-state index contributed by atoms with van der Waals surface area (Å²) in [6, 6.07) is 1.91. The maximum absolute atomic E-state index is 7.91. The smallest absolute Gasteiger partial charge is 0.0918 e. The Morgan fingerprint density at radius 2 is 2.33 bits per heavy atom. The minimum absolute atomic E-state index is 1.05. The summed E-state index contributed by atoms with van der Waals surface area (Å²) in [4.78, 5) is 0. The lowest BCUT2D eigenvalue weighted by molar-refractivity contribution is 1.53. The largest absolute Gasteiger partial charge is 0.193 e. The van der Waals surface area contributed by atoms with Crippen molar-refractivity contribution in [2.75, 3.05) is 0 Å². The monoisotopic (exact) mass is 77.0 g/mol. The number of hydrogen-bond donors (Lipinski definition) is 0. The van der Waals surface area contributed by atoms with Gasteiger partial charge in [0.15, 0.2) is 0 Å². The molecule has 6 heavy (non-hydrogen) atoms. The molecule has 0 atom stereocenters. The van der Waals surface area contributed by atoms with Gasteiger partial charge < -0.3 is 0 Å². The standard InChI is InChI=1S/C5H3N/c6-4-3-5-1-2-5/h1-3H. The maximum atomic E-state index is 7.91. The number of nitrogens with zero attached hydrogens (tertiary/aromatic N) is 1. The molecule has 0 aromatic carbocycles. The predicted molar refractivity (Wildman–Crippen MR) is 22.8 cm³/mol. The molecule has 1 aliphatic carbocycles. The summed E-state index contributed by atoms with van der Waals surface area (Å²) in [5.74, 6) is 0. The lowest BCUT2D eigenvalue weighted by atomic mass is 10.5. The number of nitriles is 1. The van der Waals surface area contributed by atoms with E-state index >= 15 is 0 Å². The third-order valence-electron chi connectivity index (χ3n) is 0.590. The van der Waals surface area contributed by atoms with Gasteiger partial charge in [-0.2, -0.15) is 5.26 Å². The SMILES string of the molecule is N#CC=C1C=C1. The fraction of sp³-hybridized carbons (Fsp3) is 0. The van der Waals surface area contributed by atoms with Crippen LogP contribution in [0, 0.1) is 11.3 Å². The van der Waals surface area contributed by atoms with Crippen molar-refractivity contribution in [3.8, 4) is 6.07 Å². The molecule has 0 aliphatic heterocycles. The van der Waals surface area contributed by atoms with Crippen LogP contribution in [0.2, 0.25) is 0 Å². The third kappa shape index (κ3) is 0.467. The molecule has 0 unspecified atom stereocenters. The highest BCUT2D eigenvalue weighted by atomic mass is 14.2. The van der Waals surface area contributed by atoms with Crippen LogP contribution in [0.4, 0.5) is 0 Å². The summed E-state index contributed by atoms with van der Waals surface area (Å²) in [7, 11) is 0. The van der Waals surface area contributed by atoms with E-state index in [-0.39, 0.29) is 0 Å². The van der Waals surface area contributed by atoms with E-state index in [0.29, 0.717) is 0 Å². The summed E-state index contributed by atoms with van der Waals surface area (Å²) in [6.07, 6.45) is 5.30. The van der Waals surface area contributed by atoms with Gasteiger partial charge in [-0.1, -0.05) is 12.2 Å². The van der Waals surface area contributed by atoms with E-state index < -0.39 is 0 Å². The van der Waals surface area contributed by atoms with Crippen LogP contribution in [-0.2, 0) is 0 Å². The highest BCUT2D eigenvalue weighted by molar-refractivity contribution is 5.48. The van der Waals surface area contributed by atoms with Gasteiger partial charge in [-0.25, -0.2) is 0 Å². The van der Waals surface area contributed by atoms with E-state index in [1.807, 2.05) is 18.2 Å². The minimum atomic E-state index is 1.05. The number of rotatable bonds is 0. The molecule has 28 valence electrons. The van der Waals surface area contributed by atoms with Crippen molar-refractivity contribution in [1.82, 2.24) is 0 Å². The predicted octanol–water partition coefficient (Wildman–Crippen LogP) is 1.01. The Morgan fingerprint density at radius 3 is 2.50 bits per heavy atom. The van der Waals surface area contributed by atoms with Crippen molar-refractivity contribution >= 4 is 0 Å². The molecular formula is C5H3N. The minimum Gasteiger partial charge on any atom is -0.193 e. The van der Waals surface area contributed by atoms with E-state index in [9.17, 15) is 0 Å². The van der Waals surface area contributed by atoms with Crippen molar-refractivity contribution < 1.29 is 0 Å². The van der Waals surface area contributed by atoms with Gasteiger partial charge in [0.1, 0.15) is 0 Å². The zero-order valence-electron chi connectivity index (χ0n) is 3.18. The second-order valence-electron chi connectivity index (χ2n) is 1.11. The van der Waals surface area contributed by atoms with Crippen molar-refractivity contribution in [2.45, 2.75) is 0 Å². The summed E-state index contributed by atoms with van der Waals surface area (Å²) >= 11 is 0. The molecule has 1 rings (SSSR count). The molecule has 1 heteroatoms. The molecule has 0 aromatic rings. The first-order valence-corrected chi connectivity index (χ1v) is 1.71. The molecule has 0 spiro atoms. The van der Waals surface area contributed by atoms with Crippen LogP contribution in [0.1, 0.15) is 0 Å². The van der Waals surface area contributed by atoms with Crippen molar-refractivity contribution in [1.29, 1.82) is 5.26 Å². The molecule has 1 nitrogen and oxygen atoms in total. The van der Waals surface area contributed by atoms with Crippen molar-refractivity contribution in [3.63, 3.8) is 0 Å². The van der Waals surface area contributed by atoms with Gasteiger partial charge in [0.2, 0.25) is 0 Å². The van der Waals surface area contributed by atoms with E-state index in [1.165, 1.54) is 6.08 Å². The van der Waals surface area contributed by atoms with Crippen LogP contribution in [0.15, 0.2) is 23.8 Å². The summed E-state index contributed by atoms with van der Waals surface area (Å²) < 4.78 is 0. The average Bonchev–Trinajstić information content (AvgIpc) is 2.21. The first-order chi connectivity index (χ1) is 2.93. The topological polar surface area (TPSA) is 23.8 Å². The first kappa shape index (κ1) is 3.17. The highest BCUT2D eigenvalue weighted by Crippen LogP contribution is 2.11. The Morgan fingerprint density at radius 1 is 1.67 bits per heavy atom. The van der Waals surface area contributed by atoms with Crippen LogP contribution < -0.4 is 0 Å². The molecular weight excluding hydrogens is 74.1 g/mol. The number of hydrogen-bond acceptors (Lipinski definition) is 1. The fourth-order valence-electron chi connectivity index (χ4n) is 0.219. The average molecular weight is 77.1 g/mol. The van der Waals surface area contributed by atoms with E-state index in [1.54, 1.807) is 0 Å². The maximum Gasteiger partial charge on any atom is 0.0918 e. The molecule has 0 radical (unpaired) electrons. The highest BCUT2D eigenvalue weighted by Gasteiger charge is 1.93. The number of allylic oxidation sites excluding steroid dienone is 4. The van der Waals surface area contributed by atoms with Crippen molar-refractivity contribution in [2.24, 2.45) is 0 Å². The van der Waals surface area contributed by atoms with Gasteiger partial charge in [0.25, 0.3) is 0 Å². The molecule has 0 heterocycles. The lowest BCUT2D eigenvalue weighted by Crippen LogP contribution is -1.41. The van der Waals surface area contributed by atoms with Crippen LogP contribution in [0.5, 0.6) is 0 Å². The Labute approximate surface area is 36.2 Å². The summed E-state index contributed by atoms with van der Waals surface area (Å²) in [6.45, 7) is 0. The van der Waals surface area contributed by atoms with Crippen LogP contribution >= 0.6 is 0 Å². The van der Waals surface area contributed by atoms with E-state index in [2.05, 4.69) is 0 Å². The van der Waals surface area contributed by atoms with Gasteiger partial charge in [0, 0.05) is 6.08 Å². The molecule has 0 saturated heterocycles. The second-order valence-corrected chi connectivity index (χ2v) is 1.11. The normalized spacial score (nSPS) is 13.5. The Bertz CT molecular complexity index is 138. The zero-order chi connectivity index (χ0) is 4.41. The molecule has 0 aromatic heterocycles. The molecule has 0 N–H and O–H groups in total. The Hall–Kier alpha value is -1.03. The van der Waals surface area contributed by atoms with Gasteiger partial charge in [0.05, 0.1) is 6.07 Å². The third-order valence-corrected chi connectivity index (χ3v) is 0.590. The van der Waals surface area contributed by atoms with Gasteiger partial charge >= 0.3 is 0 Å². The summed E-state index contributed by atoms with van der Waals surface area (Å²) in [5.41, 5.74) is 1.05.